The van der Waals surface area contributed by atoms with Gasteiger partial charge in [-0.15, -0.1) is 0 Å². The van der Waals surface area contributed by atoms with Gasteiger partial charge < -0.3 is 9.47 Å². The summed E-state index contributed by atoms with van der Waals surface area (Å²) in [5.41, 5.74) is 1.06. The molecule has 0 atom stereocenters. The molecule has 0 saturated carbocycles. The van der Waals surface area contributed by atoms with Crippen molar-refractivity contribution in [1.29, 1.82) is 0 Å². The minimum atomic E-state index is -0.648. The molecule has 1 aromatic heterocycles. The molecule has 0 aliphatic carbocycles. The van der Waals surface area contributed by atoms with Gasteiger partial charge >= 0.3 is 0 Å². The summed E-state index contributed by atoms with van der Waals surface area (Å²) in [4.78, 5) is 18.0. The van der Waals surface area contributed by atoms with Crippen molar-refractivity contribution in [3.05, 3.63) is 88.2 Å². The van der Waals surface area contributed by atoms with Crippen molar-refractivity contribution in [3.8, 4) is 17.2 Å². The van der Waals surface area contributed by atoms with E-state index in [0.717, 1.165) is 6.07 Å². The number of hydrogen-bond acceptors (Lipinski definition) is 5. The molecule has 3 aromatic carbocycles. The fraction of sp³-hybridized carbons (Fsp3) is 0.130. The predicted molar refractivity (Wildman–Crippen MR) is 116 cm³/mol. The number of ether oxygens (including phenoxy) is 2. The van der Waals surface area contributed by atoms with Gasteiger partial charge in [0.05, 0.1) is 30.8 Å². The minimum Gasteiger partial charge on any atom is -0.497 e. The van der Waals surface area contributed by atoms with Crippen LogP contribution in [0.5, 0.6) is 11.5 Å². The molecule has 8 heteroatoms. The summed E-state index contributed by atoms with van der Waals surface area (Å²) < 4.78 is 39.5. The van der Waals surface area contributed by atoms with Crippen LogP contribution >= 0.6 is 11.8 Å². The van der Waals surface area contributed by atoms with Crippen LogP contribution in [0.3, 0.4) is 0 Å². The summed E-state index contributed by atoms with van der Waals surface area (Å²) in [7, 11) is 3.04. The smallest absolute Gasteiger partial charge is 0.266 e. The molecule has 4 rings (SSSR count). The summed E-state index contributed by atoms with van der Waals surface area (Å²) in [5, 5.41) is 0.810. The van der Waals surface area contributed by atoms with Gasteiger partial charge in [0, 0.05) is 30.0 Å². The first kappa shape index (κ1) is 20.9. The van der Waals surface area contributed by atoms with E-state index in [-0.39, 0.29) is 11.3 Å². The molecule has 0 unspecified atom stereocenters. The number of nitrogens with zero attached hydrogens (tertiary/aromatic N) is 2. The topological polar surface area (TPSA) is 53.4 Å². The van der Waals surface area contributed by atoms with Gasteiger partial charge in [-0.25, -0.2) is 13.8 Å². The van der Waals surface area contributed by atoms with Crippen molar-refractivity contribution in [2.45, 2.75) is 10.9 Å². The molecule has 0 fully saturated rings. The lowest BCUT2D eigenvalue weighted by molar-refractivity contribution is 0.394. The second kappa shape index (κ2) is 8.77. The summed E-state index contributed by atoms with van der Waals surface area (Å²) in [6.45, 7) is 0. The van der Waals surface area contributed by atoms with E-state index < -0.39 is 11.6 Å². The Labute approximate surface area is 181 Å². The number of aromatic nitrogens is 2. The molecule has 1 heterocycles. The average molecular weight is 440 g/mol. The zero-order chi connectivity index (χ0) is 22.0. The fourth-order valence-electron chi connectivity index (χ4n) is 3.14. The first-order chi connectivity index (χ1) is 15.0. The van der Waals surface area contributed by atoms with E-state index in [4.69, 9.17) is 9.47 Å². The van der Waals surface area contributed by atoms with E-state index >= 15 is 0 Å². The lowest BCUT2D eigenvalue weighted by Crippen LogP contribution is -2.22. The highest BCUT2D eigenvalue weighted by Gasteiger charge is 2.16. The molecule has 0 radical (unpaired) electrons. The van der Waals surface area contributed by atoms with Gasteiger partial charge in [0.15, 0.2) is 5.16 Å². The second-order valence-electron chi connectivity index (χ2n) is 6.65. The minimum absolute atomic E-state index is 0.165. The first-order valence-corrected chi connectivity index (χ1v) is 10.3. The summed E-state index contributed by atoms with van der Waals surface area (Å²) in [5.74, 6) is -0.108. The van der Waals surface area contributed by atoms with Gasteiger partial charge in [0.2, 0.25) is 0 Å². The van der Waals surface area contributed by atoms with Crippen LogP contribution in [0.2, 0.25) is 0 Å². The third kappa shape index (κ3) is 4.25. The molecule has 0 amide bonds. The van der Waals surface area contributed by atoms with Crippen molar-refractivity contribution in [1.82, 2.24) is 9.55 Å². The van der Waals surface area contributed by atoms with Crippen LogP contribution in [0.25, 0.3) is 16.6 Å². The van der Waals surface area contributed by atoms with E-state index in [0.29, 0.717) is 38.8 Å². The largest absolute Gasteiger partial charge is 0.497 e. The summed E-state index contributed by atoms with van der Waals surface area (Å²) in [6.07, 6.45) is 0. The van der Waals surface area contributed by atoms with Crippen LogP contribution in [-0.2, 0) is 5.75 Å². The van der Waals surface area contributed by atoms with Crippen LogP contribution in [0, 0.1) is 11.6 Å². The number of methoxy groups -OCH3 is 2. The Balaban J connectivity index is 1.87. The lowest BCUT2D eigenvalue weighted by atomic mass is 10.2. The third-order valence-corrected chi connectivity index (χ3v) is 5.70. The fourth-order valence-corrected chi connectivity index (χ4v) is 4.14. The molecule has 0 spiro atoms. The van der Waals surface area contributed by atoms with Crippen molar-refractivity contribution < 1.29 is 18.3 Å². The maximum atomic E-state index is 14.1. The lowest BCUT2D eigenvalue weighted by Gasteiger charge is -2.15. The standard InChI is InChI=1S/C23H18F2N2O3S/c1-29-17-10-16(11-18(12-17)30-2)27-22(28)19-5-3-4-6-21(19)26-23(27)31-13-14-7-8-15(24)9-20(14)25/h3-12H,13H2,1-2H3. The molecule has 0 bridgehead atoms. The van der Waals surface area contributed by atoms with Crippen molar-refractivity contribution in [2.24, 2.45) is 0 Å². The Morgan fingerprint density at radius 2 is 1.68 bits per heavy atom. The van der Waals surface area contributed by atoms with Crippen LogP contribution in [0.1, 0.15) is 5.56 Å². The number of rotatable bonds is 6. The van der Waals surface area contributed by atoms with E-state index in [1.54, 1.807) is 42.5 Å². The van der Waals surface area contributed by atoms with Gasteiger partial charge in [0.1, 0.15) is 23.1 Å². The molecule has 0 aliphatic heterocycles. The van der Waals surface area contributed by atoms with Gasteiger partial charge in [-0.05, 0) is 23.8 Å². The van der Waals surface area contributed by atoms with Gasteiger partial charge in [0.25, 0.3) is 5.56 Å². The Morgan fingerprint density at radius 3 is 2.35 bits per heavy atom. The zero-order valence-electron chi connectivity index (χ0n) is 16.8. The molecule has 0 aliphatic rings. The highest BCUT2D eigenvalue weighted by Crippen LogP contribution is 2.29. The zero-order valence-corrected chi connectivity index (χ0v) is 17.6. The quantitative estimate of drug-likeness (QED) is 0.313. The second-order valence-corrected chi connectivity index (χ2v) is 7.59. The number of thioether (sulfide) groups is 1. The Bertz CT molecular complexity index is 1300. The van der Waals surface area contributed by atoms with E-state index in [2.05, 4.69) is 4.98 Å². The highest BCUT2D eigenvalue weighted by molar-refractivity contribution is 7.98. The average Bonchev–Trinajstić information content (AvgIpc) is 2.78. The van der Waals surface area contributed by atoms with E-state index in [1.807, 2.05) is 0 Å². The number of para-hydroxylation sites is 1. The maximum absolute atomic E-state index is 14.1. The molecule has 4 aromatic rings. The Hall–Kier alpha value is -3.39. The third-order valence-electron chi connectivity index (χ3n) is 4.71. The van der Waals surface area contributed by atoms with Crippen molar-refractivity contribution in [3.63, 3.8) is 0 Å². The molecule has 5 nitrogen and oxygen atoms in total. The summed E-state index contributed by atoms with van der Waals surface area (Å²) >= 11 is 1.18. The normalized spacial score (nSPS) is 11.0. The maximum Gasteiger partial charge on any atom is 0.266 e. The molecular weight excluding hydrogens is 422 g/mol. The summed E-state index contributed by atoms with van der Waals surface area (Å²) in [6, 6.07) is 15.5. The van der Waals surface area contributed by atoms with Gasteiger partial charge in [-0.2, -0.15) is 0 Å². The van der Waals surface area contributed by atoms with Crippen LogP contribution in [-0.4, -0.2) is 23.8 Å². The molecule has 0 saturated heterocycles. The number of hydrogen-bond donors (Lipinski definition) is 0. The van der Waals surface area contributed by atoms with Gasteiger partial charge in [-0.3, -0.25) is 9.36 Å². The van der Waals surface area contributed by atoms with Crippen LogP contribution in [0.15, 0.2) is 70.6 Å². The van der Waals surface area contributed by atoms with Crippen molar-refractivity contribution >= 4 is 22.7 Å². The van der Waals surface area contributed by atoms with Gasteiger partial charge in [-0.1, -0.05) is 30.0 Å². The predicted octanol–water partition coefficient (Wildman–Crippen LogP) is 4.97. The van der Waals surface area contributed by atoms with E-state index in [9.17, 15) is 13.6 Å². The van der Waals surface area contributed by atoms with Crippen LogP contribution < -0.4 is 15.0 Å². The monoisotopic (exact) mass is 440 g/mol. The first-order valence-electron chi connectivity index (χ1n) is 9.32. The number of fused-ring (bicyclic) bond motifs is 1. The molecule has 158 valence electrons. The number of benzene rings is 3. The highest BCUT2D eigenvalue weighted by atomic mass is 32.2. The van der Waals surface area contributed by atoms with E-state index in [1.165, 1.54) is 42.7 Å². The molecular formula is C23H18F2N2O3S. The SMILES string of the molecule is COc1cc(OC)cc(-n2c(SCc3ccc(F)cc3F)nc3ccccc3c2=O)c1. The number of halogens is 2. The van der Waals surface area contributed by atoms with Crippen LogP contribution in [0.4, 0.5) is 8.78 Å². The Morgan fingerprint density at radius 1 is 0.968 bits per heavy atom. The Kier molecular flexibility index (Phi) is 5.90. The molecule has 31 heavy (non-hydrogen) atoms. The molecule has 0 N–H and O–H groups in total. The van der Waals surface area contributed by atoms with Crippen molar-refractivity contribution in [2.75, 3.05) is 14.2 Å².